The molecule has 24 heavy (non-hydrogen) atoms. The molecule has 6 nitrogen and oxygen atoms in total. The van der Waals surface area contributed by atoms with E-state index in [2.05, 4.69) is 21.6 Å². The zero-order valence-corrected chi connectivity index (χ0v) is 15.3. The average molecular weight is 367 g/mol. The van der Waals surface area contributed by atoms with Gasteiger partial charge in [0.05, 0.1) is 18.5 Å². The summed E-state index contributed by atoms with van der Waals surface area (Å²) in [5.74, 6) is -0.120. The number of urea groups is 1. The molecule has 2 unspecified atom stereocenters. The molecule has 2 rings (SSSR count). The van der Waals surface area contributed by atoms with Gasteiger partial charge in [0, 0.05) is 16.3 Å². The Hall–Kier alpha value is -1.90. The molecular formula is C16H22N4O2S2. The first-order valence-electron chi connectivity index (χ1n) is 7.53. The van der Waals surface area contributed by atoms with E-state index in [9.17, 15) is 9.59 Å². The van der Waals surface area contributed by atoms with Crippen molar-refractivity contribution in [1.29, 1.82) is 0 Å². The minimum atomic E-state index is -0.633. The van der Waals surface area contributed by atoms with Gasteiger partial charge in [-0.3, -0.25) is 4.79 Å². The molecule has 0 aliphatic carbocycles. The third kappa shape index (κ3) is 5.33. The summed E-state index contributed by atoms with van der Waals surface area (Å²) in [6.45, 7) is 0.514. The molecule has 0 aliphatic heterocycles. The van der Waals surface area contributed by atoms with Crippen molar-refractivity contribution >= 4 is 34.6 Å². The number of hydrogen-bond acceptors (Lipinski definition) is 5. The maximum Gasteiger partial charge on any atom is 0.312 e. The molecule has 2 heterocycles. The van der Waals surface area contributed by atoms with Gasteiger partial charge in [0.25, 0.3) is 0 Å². The molecule has 0 aliphatic rings. The second-order valence-electron chi connectivity index (χ2n) is 5.58. The predicted octanol–water partition coefficient (Wildman–Crippen LogP) is 2.33. The van der Waals surface area contributed by atoms with Crippen molar-refractivity contribution in [2.24, 2.45) is 5.73 Å². The normalized spacial score (nSPS) is 13.5. The van der Waals surface area contributed by atoms with Gasteiger partial charge in [0.15, 0.2) is 0 Å². The number of nitrogens with zero attached hydrogens (tertiary/aromatic N) is 1. The van der Waals surface area contributed by atoms with E-state index in [0.29, 0.717) is 6.54 Å². The van der Waals surface area contributed by atoms with E-state index in [-0.39, 0.29) is 18.4 Å². The van der Waals surface area contributed by atoms with E-state index in [1.807, 2.05) is 43.1 Å². The summed E-state index contributed by atoms with van der Waals surface area (Å²) in [5, 5.41) is 9.52. The van der Waals surface area contributed by atoms with Gasteiger partial charge in [-0.05, 0) is 37.0 Å². The van der Waals surface area contributed by atoms with E-state index in [1.165, 1.54) is 16.2 Å². The maximum absolute atomic E-state index is 12.3. The number of amides is 3. The first-order valence-corrected chi connectivity index (χ1v) is 9.29. The van der Waals surface area contributed by atoms with Gasteiger partial charge in [0.2, 0.25) is 5.91 Å². The predicted molar refractivity (Wildman–Crippen MR) is 98.2 cm³/mol. The van der Waals surface area contributed by atoms with Crippen LogP contribution in [0.2, 0.25) is 0 Å². The van der Waals surface area contributed by atoms with E-state index in [4.69, 9.17) is 5.73 Å². The zero-order chi connectivity index (χ0) is 17.5. The van der Waals surface area contributed by atoms with Crippen molar-refractivity contribution in [3.63, 3.8) is 0 Å². The summed E-state index contributed by atoms with van der Waals surface area (Å²) < 4.78 is 0. The molecule has 2 aromatic rings. The molecule has 4 N–H and O–H groups in total. The molecule has 0 saturated carbocycles. The van der Waals surface area contributed by atoms with Gasteiger partial charge >= 0.3 is 6.03 Å². The SMILES string of the molecule is CN(C)C(CNC(=O)CC(NC(N)=O)c1cccs1)c1cccs1. The fraction of sp³-hybridized carbons (Fsp3) is 0.375. The highest BCUT2D eigenvalue weighted by molar-refractivity contribution is 7.10. The van der Waals surface area contributed by atoms with Gasteiger partial charge < -0.3 is 21.3 Å². The Bertz CT molecular complexity index is 641. The number of carbonyl (C=O) groups is 2. The second kappa shape index (κ2) is 8.81. The van der Waals surface area contributed by atoms with Crippen LogP contribution in [0.3, 0.4) is 0 Å². The van der Waals surface area contributed by atoms with Crippen LogP contribution in [0, 0.1) is 0 Å². The fourth-order valence-corrected chi connectivity index (χ4v) is 4.07. The van der Waals surface area contributed by atoms with Crippen molar-refractivity contribution < 1.29 is 9.59 Å². The van der Waals surface area contributed by atoms with E-state index >= 15 is 0 Å². The van der Waals surface area contributed by atoms with Crippen LogP contribution in [0.1, 0.15) is 28.3 Å². The Morgan fingerprint density at radius 2 is 1.79 bits per heavy atom. The lowest BCUT2D eigenvalue weighted by molar-refractivity contribution is -0.121. The first-order chi connectivity index (χ1) is 11.5. The van der Waals surface area contributed by atoms with Crippen LogP contribution in [0.4, 0.5) is 4.79 Å². The Kier molecular flexibility index (Phi) is 6.77. The maximum atomic E-state index is 12.3. The lowest BCUT2D eigenvalue weighted by Gasteiger charge is -2.24. The quantitative estimate of drug-likeness (QED) is 0.670. The minimum absolute atomic E-state index is 0.120. The van der Waals surface area contributed by atoms with Crippen molar-refractivity contribution in [1.82, 2.24) is 15.5 Å². The monoisotopic (exact) mass is 366 g/mol. The summed E-state index contributed by atoms with van der Waals surface area (Å²) >= 11 is 3.15. The van der Waals surface area contributed by atoms with Gasteiger partial charge in [-0.1, -0.05) is 12.1 Å². The molecule has 0 bridgehead atoms. The number of primary amides is 1. The summed E-state index contributed by atoms with van der Waals surface area (Å²) in [6.07, 6.45) is 0.161. The van der Waals surface area contributed by atoms with E-state index < -0.39 is 12.1 Å². The summed E-state index contributed by atoms with van der Waals surface area (Å²) in [5.41, 5.74) is 5.22. The number of likely N-dealkylation sites (N-methyl/N-ethyl adjacent to an activating group) is 1. The van der Waals surface area contributed by atoms with Crippen LogP contribution in [0.25, 0.3) is 0 Å². The van der Waals surface area contributed by atoms with Crippen LogP contribution in [-0.2, 0) is 4.79 Å². The smallest absolute Gasteiger partial charge is 0.312 e. The number of carbonyl (C=O) groups excluding carboxylic acids is 2. The molecule has 0 saturated heterocycles. The summed E-state index contributed by atoms with van der Waals surface area (Å²) in [4.78, 5) is 27.7. The molecule has 0 fully saturated rings. The molecular weight excluding hydrogens is 344 g/mol. The number of hydrogen-bond donors (Lipinski definition) is 3. The summed E-state index contributed by atoms with van der Waals surface area (Å²) in [7, 11) is 3.97. The third-order valence-corrected chi connectivity index (χ3v) is 5.54. The molecule has 8 heteroatoms. The highest BCUT2D eigenvalue weighted by Crippen LogP contribution is 2.24. The lowest BCUT2D eigenvalue weighted by atomic mass is 10.1. The highest BCUT2D eigenvalue weighted by Gasteiger charge is 2.20. The van der Waals surface area contributed by atoms with Gasteiger partial charge in [-0.25, -0.2) is 4.79 Å². The third-order valence-electron chi connectivity index (χ3n) is 3.58. The lowest BCUT2D eigenvalue weighted by Crippen LogP contribution is -2.38. The molecule has 2 atom stereocenters. The molecule has 0 aromatic carbocycles. The van der Waals surface area contributed by atoms with Crippen LogP contribution in [0.15, 0.2) is 35.0 Å². The van der Waals surface area contributed by atoms with Crippen LogP contribution >= 0.6 is 22.7 Å². The molecule has 130 valence electrons. The standard InChI is InChI=1S/C16H22N4O2S2/c1-20(2)12(14-6-4-8-24-14)10-18-15(21)9-11(19-16(17)22)13-5-3-7-23-13/h3-8,11-12H,9-10H2,1-2H3,(H,18,21)(H3,17,19,22). The summed E-state index contributed by atoms with van der Waals surface area (Å²) in [6, 6.07) is 6.91. The molecule has 2 aromatic heterocycles. The van der Waals surface area contributed by atoms with Crippen LogP contribution in [0.5, 0.6) is 0 Å². The molecule has 3 amide bonds. The van der Waals surface area contributed by atoms with E-state index in [0.717, 1.165) is 4.88 Å². The van der Waals surface area contributed by atoms with Crippen molar-refractivity contribution in [2.45, 2.75) is 18.5 Å². The van der Waals surface area contributed by atoms with Gasteiger partial charge in [-0.2, -0.15) is 0 Å². The fourth-order valence-electron chi connectivity index (χ4n) is 2.37. The Morgan fingerprint density at radius 3 is 2.29 bits per heavy atom. The second-order valence-corrected chi connectivity index (χ2v) is 7.54. The molecule has 0 spiro atoms. The average Bonchev–Trinajstić information content (AvgIpc) is 3.19. The van der Waals surface area contributed by atoms with Crippen molar-refractivity contribution in [2.75, 3.05) is 20.6 Å². The Balaban J connectivity index is 1.94. The zero-order valence-electron chi connectivity index (χ0n) is 13.7. The van der Waals surface area contributed by atoms with Crippen molar-refractivity contribution in [3.8, 4) is 0 Å². The van der Waals surface area contributed by atoms with Gasteiger partial charge in [-0.15, -0.1) is 22.7 Å². The minimum Gasteiger partial charge on any atom is -0.354 e. The molecule has 0 radical (unpaired) electrons. The van der Waals surface area contributed by atoms with E-state index in [1.54, 1.807) is 11.3 Å². The van der Waals surface area contributed by atoms with Crippen LogP contribution in [-0.4, -0.2) is 37.5 Å². The number of rotatable bonds is 8. The van der Waals surface area contributed by atoms with Crippen LogP contribution < -0.4 is 16.4 Å². The largest absolute Gasteiger partial charge is 0.354 e. The van der Waals surface area contributed by atoms with Crippen molar-refractivity contribution in [3.05, 3.63) is 44.8 Å². The Labute approximate surface area is 149 Å². The topological polar surface area (TPSA) is 87.5 Å². The number of thiophene rings is 2. The van der Waals surface area contributed by atoms with Gasteiger partial charge in [0.1, 0.15) is 0 Å². The first kappa shape index (κ1) is 18.4. The highest BCUT2D eigenvalue weighted by atomic mass is 32.1. The number of nitrogens with one attached hydrogen (secondary N) is 2. The number of nitrogens with two attached hydrogens (primary N) is 1. The Morgan fingerprint density at radius 1 is 1.17 bits per heavy atom.